The van der Waals surface area contributed by atoms with Crippen LogP contribution in [0.3, 0.4) is 0 Å². The number of aryl methyl sites for hydroxylation is 1. The molecule has 1 aromatic rings. The van der Waals surface area contributed by atoms with Crippen LogP contribution >= 0.6 is 0 Å². The maximum absolute atomic E-state index is 12.8. The van der Waals surface area contributed by atoms with Crippen LogP contribution in [-0.2, 0) is 31.0 Å². The van der Waals surface area contributed by atoms with Crippen LogP contribution in [0.15, 0.2) is 30.3 Å². The van der Waals surface area contributed by atoms with Crippen LogP contribution in [-0.4, -0.2) is 50.4 Å². The third-order valence-electron chi connectivity index (χ3n) is 4.66. The zero-order valence-corrected chi connectivity index (χ0v) is 15.1. The minimum Gasteiger partial charge on any atom is -0.468 e. The van der Waals surface area contributed by atoms with E-state index in [1.165, 1.54) is 18.9 Å². The van der Waals surface area contributed by atoms with Crippen LogP contribution in [0.4, 0.5) is 0 Å². The first-order valence-corrected chi connectivity index (χ1v) is 9.05. The molecule has 1 fully saturated rings. The Kier molecular flexibility index (Phi) is 5.97. The largest absolute Gasteiger partial charge is 0.468 e. The summed E-state index contributed by atoms with van der Waals surface area (Å²) in [5, 5.41) is 0. The van der Waals surface area contributed by atoms with Crippen molar-refractivity contribution in [3.63, 3.8) is 0 Å². The summed E-state index contributed by atoms with van der Waals surface area (Å²) in [7, 11) is -1.48. The van der Waals surface area contributed by atoms with Gasteiger partial charge in [-0.3, -0.25) is 9.59 Å². The van der Waals surface area contributed by atoms with Gasteiger partial charge in [0.25, 0.3) is 0 Å². The number of carbonyl (C=O) groups is 2. The summed E-state index contributed by atoms with van der Waals surface area (Å²) >= 11 is 0. The first kappa shape index (κ1) is 19.1. The first-order chi connectivity index (χ1) is 11.9. The molecular weight excluding hydrogens is 344 g/mol. The van der Waals surface area contributed by atoms with Crippen molar-refractivity contribution in [1.82, 2.24) is 4.90 Å². The number of esters is 1. The molecule has 0 radical (unpaired) electrons. The van der Waals surface area contributed by atoms with E-state index in [0.29, 0.717) is 12.8 Å². The molecule has 1 aliphatic rings. The number of benzene rings is 1. The van der Waals surface area contributed by atoms with E-state index in [9.17, 15) is 18.0 Å². The molecule has 1 heterocycles. The Hall–Kier alpha value is -2.19. The lowest BCUT2D eigenvalue weighted by Crippen LogP contribution is -2.44. The Morgan fingerprint density at radius 1 is 1.32 bits per heavy atom. The van der Waals surface area contributed by atoms with Gasteiger partial charge in [-0.1, -0.05) is 30.3 Å². The highest BCUT2D eigenvalue weighted by molar-refractivity contribution is 7.73. The van der Waals surface area contributed by atoms with Crippen LogP contribution in [0.25, 0.3) is 0 Å². The summed E-state index contributed by atoms with van der Waals surface area (Å²) < 4.78 is 28.2. The van der Waals surface area contributed by atoms with Crippen molar-refractivity contribution >= 4 is 27.2 Å². The predicted octanol–water partition coefficient (Wildman–Crippen LogP) is 0.225. The lowest BCUT2D eigenvalue weighted by molar-refractivity contribution is -0.159. The smallest absolute Gasteiger partial charge is 0.321 e. The maximum Gasteiger partial charge on any atom is 0.321 e. The van der Waals surface area contributed by atoms with Crippen LogP contribution in [0.5, 0.6) is 0 Å². The van der Waals surface area contributed by atoms with Crippen molar-refractivity contribution in [1.29, 1.82) is 0 Å². The lowest BCUT2D eigenvalue weighted by Gasteiger charge is -2.23. The van der Waals surface area contributed by atoms with E-state index in [2.05, 4.69) is 0 Å². The number of ether oxygens (including phenoxy) is 1. The summed E-state index contributed by atoms with van der Waals surface area (Å²) in [5.41, 5.74) is 5.16. The third kappa shape index (κ3) is 3.45. The highest BCUT2D eigenvalue weighted by Gasteiger charge is 2.60. The van der Waals surface area contributed by atoms with Gasteiger partial charge in [-0.2, -0.15) is 8.42 Å². The highest BCUT2D eigenvalue weighted by Crippen LogP contribution is 2.39. The zero-order chi connectivity index (χ0) is 18.6. The molecule has 2 N–H and O–H groups in total. The number of hydrogen-bond acceptors (Lipinski definition) is 6. The second-order valence-corrected chi connectivity index (χ2v) is 6.99. The number of nitrogens with zero attached hydrogens (tertiary/aromatic N) is 1. The number of nitrogens with two attached hydrogens (primary N) is 1. The van der Waals surface area contributed by atoms with Gasteiger partial charge in [0.1, 0.15) is 4.99 Å². The summed E-state index contributed by atoms with van der Waals surface area (Å²) in [6.07, 6.45) is 1.25. The van der Waals surface area contributed by atoms with E-state index < -0.39 is 33.5 Å². The molecular formula is C17H22N2O5S. The normalized spacial score (nSPS) is 23.0. The Balaban J connectivity index is 2.28. The van der Waals surface area contributed by atoms with E-state index in [1.54, 1.807) is 0 Å². The number of methoxy groups -OCH3 is 1. The number of likely N-dealkylation sites (tertiary alicyclic amines) is 1. The molecule has 8 heteroatoms. The van der Waals surface area contributed by atoms with Crippen molar-refractivity contribution in [2.75, 3.05) is 20.2 Å². The number of amides is 1. The molecule has 0 aromatic heterocycles. The summed E-state index contributed by atoms with van der Waals surface area (Å²) in [4.78, 5) is 26.1. The SMILES string of the molecule is COC(=O)C1(C)C(=O)N(CCCc2ccccc2)C(=S(=O)=O)C1CN. The quantitative estimate of drug-likeness (QED) is 0.439. The number of carbonyl (C=O) groups excluding carboxylic acids is 2. The number of rotatable bonds is 6. The molecule has 0 saturated carbocycles. The molecule has 7 nitrogen and oxygen atoms in total. The minimum absolute atomic E-state index is 0.131. The standard InChI is InChI=1S/C17H22N2O5S/c1-17(16(21)24-2)13(11-18)14(25(22)23)19(15(17)20)10-6-9-12-7-4-3-5-8-12/h3-5,7-8,13H,6,9-11,18H2,1-2H3. The van der Waals surface area contributed by atoms with Crippen LogP contribution in [0.2, 0.25) is 0 Å². The summed E-state index contributed by atoms with van der Waals surface area (Å²) in [6, 6.07) is 9.67. The van der Waals surface area contributed by atoms with Crippen molar-refractivity contribution in [2.45, 2.75) is 19.8 Å². The highest BCUT2D eigenvalue weighted by atomic mass is 32.2. The fraction of sp³-hybridized carbons (Fsp3) is 0.471. The first-order valence-electron chi connectivity index (χ1n) is 7.98. The third-order valence-corrected chi connectivity index (χ3v) is 5.50. The van der Waals surface area contributed by atoms with Crippen LogP contribution in [0, 0.1) is 11.3 Å². The molecule has 1 aliphatic heterocycles. The predicted molar refractivity (Wildman–Crippen MR) is 93.1 cm³/mol. The fourth-order valence-electron chi connectivity index (χ4n) is 3.25. The van der Waals surface area contributed by atoms with Crippen molar-refractivity contribution < 1.29 is 22.7 Å². The van der Waals surface area contributed by atoms with E-state index in [4.69, 9.17) is 10.5 Å². The number of hydrogen-bond donors (Lipinski definition) is 1. The van der Waals surface area contributed by atoms with E-state index in [1.807, 2.05) is 30.3 Å². The molecule has 0 aliphatic carbocycles. The van der Waals surface area contributed by atoms with Gasteiger partial charge in [-0.05, 0) is 25.3 Å². The van der Waals surface area contributed by atoms with Crippen LogP contribution in [0.1, 0.15) is 18.9 Å². The molecule has 2 atom stereocenters. The Morgan fingerprint density at radius 2 is 1.96 bits per heavy atom. The Morgan fingerprint density at radius 3 is 2.48 bits per heavy atom. The molecule has 1 saturated heterocycles. The second-order valence-electron chi connectivity index (χ2n) is 6.10. The Bertz CT molecular complexity index is 783. The molecule has 0 spiro atoms. The summed E-state index contributed by atoms with van der Waals surface area (Å²) in [5.74, 6) is -2.29. The average molecular weight is 366 g/mol. The molecule has 25 heavy (non-hydrogen) atoms. The molecule has 1 aromatic carbocycles. The zero-order valence-electron chi connectivity index (χ0n) is 14.3. The van der Waals surface area contributed by atoms with Gasteiger partial charge in [-0.25, -0.2) is 0 Å². The molecule has 2 rings (SSSR count). The minimum atomic E-state index is -2.65. The van der Waals surface area contributed by atoms with Crippen molar-refractivity contribution in [3.8, 4) is 0 Å². The molecule has 2 unspecified atom stereocenters. The van der Waals surface area contributed by atoms with Crippen molar-refractivity contribution in [2.24, 2.45) is 17.1 Å². The van der Waals surface area contributed by atoms with Gasteiger partial charge in [0.15, 0.2) is 5.41 Å². The summed E-state index contributed by atoms with van der Waals surface area (Å²) in [6.45, 7) is 1.44. The topological polar surface area (TPSA) is 107 Å². The maximum atomic E-state index is 12.8. The molecule has 0 bridgehead atoms. The Labute approximate surface area is 148 Å². The van der Waals surface area contributed by atoms with E-state index in [-0.39, 0.29) is 18.1 Å². The van der Waals surface area contributed by atoms with Gasteiger partial charge in [0.2, 0.25) is 16.2 Å². The monoisotopic (exact) mass is 366 g/mol. The van der Waals surface area contributed by atoms with Gasteiger partial charge >= 0.3 is 5.97 Å². The fourth-order valence-corrected chi connectivity index (χ4v) is 4.16. The van der Waals surface area contributed by atoms with Gasteiger partial charge in [0.05, 0.1) is 13.0 Å². The van der Waals surface area contributed by atoms with Crippen LogP contribution < -0.4 is 5.73 Å². The molecule has 136 valence electrons. The van der Waals surface area contributed by atoms with Gasteiger partial charge < -0.3 is 15.4 Å². The second kappa shape index (κ2) is 7.79. The van der Waals surface area contributed by atoms with Crippen molar-refractivity contribution in [3.05, 3.63) is 35.9 Å². The van der Waals surface area contributed by atoms with Gasteiger partial charge in [0, 0.05) is 13.1 Å². The van der Waals surface area contributed by atoms with E-state index >= 15 is 0 Å². The lowest BCUT2D eigenvalue weighted by atomic mass is 9.79. The van der Waals surface area contributed by atoms with Gasteiger partial charge in [-0.15, -0.1) is 0 Å². The molecule has 1 amide bonds. The van der Waals surface area contributed by atoms with E-state index in [0.717, 1.165) is 5.56 Å². The average Bonchev–Trinajstić information content (AvgIpc) is 2.84.